The van der Waals surface area contributed by atoms with Crippen LogP contribution in [0.1, 0.15) is 5.56 Å². The minimum Gasteiger partial charge on any atom is -0.481 e. The molecule has 3 rings (SSSR count). The van der Waals surface area contributed by atoms with Gasteiger partial charge in [-0.15, -0.1) is 0 Å². The molecule has 3 aromatic rings. The molecule has 0 heterocycles. The Morgan fingerprint density at radius 1 is 0.853 bits per heavy atom. The molecule has 0 aromatic heterocycles. The maximum Gasteiger partial charge on any atom is 0.266 e. The van der Waals surface area contributed by atoms with E-state index in [4.69, 9.17) is 51.1 Å². The summed E-state index contributed by atoms with van der Waals surface area (Å²) in [6, 6.07) is 18.1. The van der Waals surface area contributed by atoms with Gasteiger partial charge in [-0.3, -0.25) is 9.59 Å². The Labute approximate surface area is 215 Å². The van der Waals surface area contributed by atoms with Crippen LogP contribution in [0.15, 0.2) is 66.2 Å². The monoisotopic (exact) mass is 533 g/mol. The Balaban J connectivity index is 1.71. The topological polar surface area (TPSA) is 91.2 Å². The van der Waals surface area contributed by atoms with Gasteiger partial charge in [-0.05, 0) is 48.0 Å². The highest BCUT2D eigenvalue weighted by molar-refractivity contribution is 6.37. The fourth-order valence-electron chi connectivity index (χ4n) is 2.75. The van der Waals surface area contributed by atoms with Gasteiger partial charge in [-0.2, -0.15) is 5.26 Å². The molecule has 2 N–H and O–H groups in total. The lowest BCUT2D eigenvalue weighted by Crippen LogP contribution is -2.20. The zero-order valence-electron chi connectivity index (χ0n) is 17.2. The second-order valence-corrected chi connectivity index (χ2v) is 8.36. The lowest BCUT2D eigenvalue weighted by atomic mass is 10.1. The van der Waals surface area contributed by atoms with Crippen molar-refractivity contribution in [2.75, 3.05) is 17.2 Å². The van der Waals surface area contributed by atoms with E-state index in [2.05, 4.69) is 10.6 Å². The highest BCUT2D eigenvalue weighted by Crippen LogP contribution is 2.35. The van der Waals surface area contributed by atoms with Crippen molar-refractivity contribution >= 4 is 75.7 Å². The summed E-state index contributed by atoms with van der Waals surface area (Å²) in [6.07, 6.45) is 1.32. The Kier molecular flexibility index (Phi) is 8.80. The molecule has 0 radical (unpaired) electrons. The number of halogens is 4. The van der Waals surface area contributed by atoms with Gasteiger partial charge in [-0.1, -0.05) is 70.7 Å². The minimum absolute atomic E-state index is 0.0776. The SMILES string of the molecule is N#C/C(=C\c1cc(Cl)c(OCC(=O)Nc2ccccc2Cl)c(Cl)c1)C(=O)Nc1ccccc1Cl. The number of para-hydroxylation sites is 2. The van der Waals surface area contributed by atoms with E-state index in [0.717, 1.165) is 0 Å². The number of rotatable bonds is 7. The number of ether oxygens (including phenoxy) is 1. The number of anilines is 2. The number of hydrogen-bond acceptors (Lipinski definition) is 4. The summed E-state index contributed by atoms with van der Waals surface area (Å²) < 4.78 is 5.47. The standard InChI is InChI=1S/C24H15Cl4N3O3/c25-16-5-1-3-7-20(16)30-22(32)13-34-23-18(27)10-14(11-19(23)28)9-15(12-29)24(33)31-21-8-4-2-6-17(21)26/h1-11H,13H2,(H,30,32)(H,31,33)/b15-9+. The van der Waals surface area contributed by atoms with Crippen LogP contribution in [0.25, 0.3) is 6.08 Å². The molecular weight excluding hydrogens is 520 g/mol. The first-order chi connectivity index (χ1) is 16.3. The lowest BCUT2D eigenvalue weighted by Gasteiger charge is -2.12. The van der Waals surface area contributed by atoms with E-state index < -0.39 is 11.8 Å². The Hall–Kier alpha value is -3.21. The van der Waals surface area contributed by atoms with Crippen LogP contribution in [0.3, 0.4) is 0 Å². The molecule has 0 aliphatic heterocycles. The lowest BCUT2D eigenvalue weighted by molar-refractivity contribution is -0.118. The number of nitriles is 1. The van der Waals surface area contributed by atoms with Crippen molar-refractivity contribution in [2.45, 2.75) is 0 Å². The summed E-state index contributed by atoms with van der Waals surface area (Å²) in [7, 11) is 0. The molecule has 0 bridgehead atoms. The summed E-state index contributed by atoms with van der Waals surface area (Å²) in [6.45, 7) is -0.371. The molecule has 0 spiro atoms. The number of carbonyl (C=O) groups is 2. The molecule has 0 atom stereocenters. The second kappa shape index (κ2) is 11.8. The zero-order chi connectivity index (χ0) is 24.7. The van der Waals surface area contributed by atoms with Crippen molar-refractivity contribution in [1.82, 2.24) is 0 Å². The Morgan fingerprint density at radius 2 is 1.38 bits per heavy atom. The highest BCUT2D eigenvalue weighted by Gasteiger charge is 2.15. The zero-order valence-corrected chi connectivity index (χ0v) is 20.3. The largest absolute Gasteiger partial charge is 0.481 e. The van der Waals surface area contributed by atoms with Crippen molar-refractivity contribution in [3.63, 3.8) is 0 Å². The first kappa shape index (κ1) is 25.4. The van der Waals surface area contributed by atoms with E-state index in [9.17, 15) is 14.9 Å². The van der Waals surface area contributed by atoms with Gasteiger partial charge in [0.25, 0.3) is 11.8 Å². The van der Waals surface area contributed by atoms with Crippen LogP contribution in [-0.4, -0.2) is 18.4 Å². The van der Waals surface area contributed by atoms with Gasteiger partial charge in [0.05, 0.1) is 31.5 Å². The maximum absolute atomic E-state index is 12.5. The molecule has 3 aromatic carbocycles. The van der Waals surface area contributed by atoms with Gasteiger partial charge in [0, 0.05) is 0 Å². The quantitative estimate of drug-likeness (QED) is 0.256. The number of benzene rings is 3. The van der Waals surface area contributed by atoms with Gasteiger partial charge in [0.2, 0.25) is 0 Å². The predicted octanol–water partition coefficient (Wildman–Crippen LogP) is 6.86. The number of nitrogens with zero attached hydrogens (tertiary/aromatic N) is 1. The fraction of sp³-hybridized carbons (Fsp3) is 0.0417. The molecule has 0 aliphatic carbocycles. The van der Waals surface area contributed by atoms with E-state index in [1.807, 2.05) is 6.07 Å². The van der Waals surface area contributed by atoms with Crippen LogP contribution in [-0.2, 0) is 9.59 Å². The molecule has 34 heavy (non-hydrogen) atoms. The van der Waals surface area contributed by atoms with Crippen LogP contribution in [0.5, 0.6) is 5.75 Å². The third kappa shape index (κ3) is 6.66. The van der Waals surface area contributed by atoms with E-state index >= 15 is 0 Å². The van der Waals surface area contributed by atoms with Gasteiger partial charge in [0.1, 0.15) is 11.6 Å². The molecular formula is C24H15Cl4N3O3. The van der Waals surface area contributed by atoms with Gasteiger partial charge >= 0.3 is 0 Å². The van der Waals surface area contributed by atoms with Crippen molar-refractivity contribution < 1.29 is 14.3 Å². The Morgan fingerprint density at radius 3 is 1.91 bits per heavy atom. The molecule has 0 fully saturated rings. The summed E-state index contributed by atoms with van der Waals surface area (Å²) in [5, 5.41) is 15.5. The average Bonchev–Trinajstić information content (AvgIpc) is 2.80. The number of amides is 2. The van der Waals surface area contributed by atoms with Gasteiger partial charge in [0.15, 0.2) is 12.4 Å². The van der Waals surface area contributed by atoms with Gasteiger partial charge in [-0.25, -0.2) is 0 Å². The van der Waals surface area contributed by atoms with Crippen LogP contribution in [0.2, 0.25) is 20.1 Å². The third-order valence-electron chi connectivity index (χ3n) is 4.31. The van der Waals surface area contributed by atoms with Crippen LogP contribution in [0, 0.1) is 11.3 Å². The smallest absolute Gasteiger partial charge is 0.266 e. The Bertz CT molecular complexity index is 1300. The maximum atomic E-state index is 12.5. The first-order valence-corrected chi connectivity index (χ1v) is 11.1. The van der Waals surface area contributed by atoms with E-state index in [1.54, 1.807) is 48.5 Å². The van der Waals surface area contributed by atoms with E-state index in [0.29, 0.717) is 27.0 Å². The van der Waals surface area contributed by atoms with Gasteiger partial charge < -0.3 is 15.4 Å². The molecule has 6 nitrogen and oxygen atoms in total. The van der Waals surface area contributed by atoms with Crippen molar-refractivity contribution in [1.29, 1.82) is 5.26 Å². The molecule has 10 heteroatoms. The van der Waals surface area contributed by atoms with Crippen LogP contribution >= 0.6 is 46.4 Å². The normalized spacial score (nSPS) is 10.9. The fourth-order valence-corrected chi connectivity index (χ4v) is 3.73. The first-order valence-electron chi connectivity index (χ1n) is 9.62. The minimum atomic E-state index is -0.653. The average molecular weight is 535 g/mol. The summed E-state index contributed by atoms with van der Waals surface area (Å²) in [4.78, 5) is 24.7. The van der Waals surface area contributed by atoms with Crippen molar-refractivity contribution in [3.05, 3.63) is 91.9 Å². The molecule has 0 aliphatic rings. The molecule has 0 saturated carbocycles. The molecule has 2 amide bonds. The third-order valence-corrected chi connectivity index (χ3v) is 5.53. The summed E-state index contributed by atoms with van der Waals surface area (Å²) >= 11 is 24.6. The second-order valence-electron chi connectivity index (χ2n) is 6.73. The van der Waals surface area contributed by atoms with E-state index in [1.165, 1.54) is 18.2 Å². The van der Waals surface area contributed by atoms with Crippen LogP contribution in [0.4, 0.5) is 11.4 Å². The molecule has 172 valence electrons. The predicted molar refractivity (Wildman–Crippen MR) is 136 cm³/mol. The summed E-state index contributed by atoms with van der Waals surface area (Å²) in [5.41, 5.74) is 0.994. The molecule has 0 unspecified atom stereocenters. The van der Waals surface area contributed by atoms with Crippen molar-refractivity contribution in [3.8, 4) is 11.8 Å². The number of hydrogen-bond donors (Lipinski definition) is 2. The summed E-state index contributed by atoms with van der Waals surface area (Å²) in [5.74, 6) is -1.04. The van der Waals surface area contributed by atoms with Crippen molar-refractivity contribution in [2.24, 2.45) is 0 Å². The van der Waals surface area contributed by atoms with E-state index in [-0.39, 0.29) is 28.0 Å². The number of carbonyl (C=O) groups excluding carboxylic acids is 2. The van der Waals surface area contributed by atoms with Crippen LogP contribution < -0.4 is 15.4 Å². The number of nitrogens with one attached hydrogen (secondary N) is 2. The highest BCUT2D eigenvalue weighted by atomic mass is 35.5. The molecule has 0 saturated heterocycles.